The molecule has 30 heavy (non-hydrogen) atoms. The molecule has 0 spiro atoms. The molecule has 0 bridgehead atoms. The van der Waals surface area contributed by atoms with E-state index in [0.717, 1.165) is 46.1 Å². The molecule has 1 unspecified atom stereocenters. The third-order valence-corrected chi connectivity index (χ3v) is 5.84. The molecule has 1 atom stereocenters. The first-order valence-electron chi connectivity index (χ1n) is 10.6. The summed E-state index contributed by atoms with van der Waals surface area (Å²) in [7, 11) is 0. The summed E-state index contributed by atoms with van der Waals surface area (Å²) >= 11 is 0. The zero-order chi connectivity index (χ0) is 21.8. The summed E-state index contributed by atoms with van der Waals surface area (Å²) < 4.78 is 0. The van der Waals surface area contributed by atoms with Crippen molar-refractivity contribution in [2.75, 3.05) is 5.32 Å². The second kappa shape index (κ2) is 9.24. The van der Waals surface area contributed by atoms with E-state index in [2.05, 4.69) is 36.1 Å². The van der Waals surface area contributed by atoms with Gasteiger partial charge in [-0.1, -0.05) is 26.8 Å². The summed E-state index contributed by atoms with van der Waals surface area (Å²) in [6.45, 7) is 10.4. The minimum Gasteiger partial charge on any atom is -0.507 e. The van der Waals surface area contributed by atoms with Crippen LogP contribution in [0.25, 0.3) is 22.2 Å². The van der Waals surface area contributed by atoms with Gasteiger partial charge in [0.1, 0.15) is 5.75 Å². The second-order valence-corrected chi connectivity index (χ2v) is 8.58. The van der Waals surface area contributed by atoms with Gasteiger partial charge in [0.15, 0.2) is 5.82 Å². The number of carbonyl (C=O) groups is 1. The average molecular weight is 406 g/mol. The van der Waals surface area contributed by atoms with Gasteiger partial charge in [0.05, 0.1) is 17.2 Å². The number of fused-ring (bicyclic) bond motifs is 1. The summed E-state index contributed by atoms with van der Waals surface area (Å²) in [5.74, 6) is 2.02. The van der Waals surface area contributed by atoms with E-state index < -0.39 is 0 Å². The number of rotatable bonds is 7. The van der Waals surface area contributed by atoms with Crippen molar-refractivity contribution in [3.05, 3.63) is 47.7 Å². The van der Waals surface area contributed by atoms with Crippen LogP contribution in [0.1, 0.15) is 51.2 Å². The number of carbonyl (C=O) groups excluding carboxylic acids is 1. The van der Waals surface area contributed by atoms with Gasteiger partial charge in [0.25, 0.3) is 0 Å². The van der Waals surface area contributed by atoms with Crippen molar-refractivity contribution in [2.45, 2.75) is 53.9 Å². The minimum atomic E-state index is -0.0273. The van der Waals surface area contributed by atoms with Gasteiger partial charge in [-0.3, -0.25) is 9.78 Å². The Labute approximate surface area is 178 Å². The van der Waals surface area contributed by atoms with E-state index >= 15 is 0 Å². The Morgan fingerprint density at radius 1 is 1.03 bits per heavy atom. The average Bonchev–Trinajstić information content (AvgIpc) is 2.70. The summed E-state index contributed by atoms with van der Waals surface area (Å²) in [4.78, 5) is 21.3. The Morgan fingerprint density at radius 3 is 2.40 bits per heavy atom. The van der Waals surface area contributed by atoms with Crippen molar-refractivity contribution < 1.29 is 9.90 Å². The van der Waals surface area contributed by atoms with Gasteiger partial charge in [-0.15, -0.1) is 0 Å². The molecule has 2 N–H and O–H groups in total. The molecule has 1 heterocycles. The van der Waals surface area contributed by atoms with Crippen molar-refractivity contribution in [1.29, 1.82) is 0 Å². The van der Waals surface area contributed by atoms with Gasteiger partial charge in [0, 0.05) is 6.42 Å². The summed E-state index contributed by atoms with van der Waals surface area (Å²) in [5, 5.41) is 12.9. The van der Waals surface area contributed by atoms with Crippen LogP contribution < -0.4 is 5.32 Å². The van der Waals surface area contributed by atoms with E-state index in [1.807, 2.05) is 44.2 Å². The highest BCUT2D eigenvalue weighted by molar-refractivity contribution is 5.91. The first-order chi connectivity index (χ1) is 14.2. The van der Waals surface area contributed by atoms with E-state index in [-0.39, 0.29) is 5.91 Å². The maximum absolute atomic E-state index is 12.3. The van der Waals surface area contributed by atoms with Crippen molar-refractivity contribution in [3.63, 3.8) is 0 Å². The molecule has 0 saturated carbocycles. The highest BCUT2D eigenvalue weighted by Crippen LogP contribution is 2.30. The molecular formula is C25H31N3O2. The van der Waals surface area contributed by atoms with Crippen molar-refractivity contribution in [2.24, 2.45) is 11.8 Å². The molecule has 3 rings (SSSR count). The number of nitrogens with one attached hydrogen (secondary N) is 1. The maximum atomic E-state index is 12.3. The van der Waals surface area contributed by atoms with Crippen LogP contribution >= 0.6 is 0 Å². The number of hydrogen-bond acceptors (Lipinski definition) is 4. The van der Waals surface area contributed by atoms with Gasteiger partial charge in [-0.2, -0.15) is 0 Å². The summed E-state index contributed by atoms with van der Waals surface area (Å²) in [6.07, 6.45) is 4.01. The summed E-state index contributed by atoms with van der Waals surface area (Å²) in [6, 6.07) is 9.81. The Kier molecular flexibility index (Phi) is 6.70. The number of amides is 1. The highest BCUT2D eigenvalue weighted by Gasteiger charge is 2.11. The van der Waals surface area contributed by atoms with Crippen LogP contribution in [0.2, 0.25) is 0 Å². The van der Waals surface area contributed by atoms with Crippen LogP contribution in [0.3, 0.4) is 0 Å². The number of aryl methyl sites for hydroxylation is 2. The number of nitrogens with zero attached hydrogens (tertiary/aromatic N) is 2. The molecule has 0 aliphatic carbocycles. The normalized spacial score (nSPS) is 12.3. The lowest BCUT2D eigenvalue weighted by Gasteiger charge is -2.14. The molecule has 5 heteroatoms. The lowest BCUT2D eigenvalue weighted by molar-refractivity contribution is -0.116. The number of phenolic OH excluding ortho intramolecular Hbond substituents is 1. The fourth-order valence-corrected chi connectivity index (χ4v) is 3.50. The van der Waals surface area contributed by atoms with Gasteiger partial charge >= 0.3 is 0 Å². The second-order valence-electron chi connectivity index (χ2n) is 8.58. The van der Waals surface area contributed by atoms with Crippen LogP contribution in [-0.2, 0) is 4.79 Å². The van der Waals surface area contributed by atoms with Gasteiger partial charge in [-0.05, 0) is 85.0 Å². The first-order valence-corrected chi connectivity index (χ1v) is 10.6. The molecule has 3 aromatic rings. The van der Waals surface area contributed by atoms with E-state index in [4.69, 9.17) is 0 Å². The lowest BCUT2D eigenvalue weighted by atomic mass is 9.92. The fourth-order valence-electron chi connectivity index (χ4n) is 3.50. The third-order valence-electron chi connectivity index (χ3n) is 5.84. The first kappa shape index (κ1) is 21.8. The number of aromatic hydroxyl groups is 1. The van der Waals surface area contributed by atoms with Crippen molar-refractivity contribution >= 4 is 22.8 Å². The van der Waals surface area contributed by atoms with Crippen LogP contribution in [0, 0.1) is 25.7 Å². The number of phenols is 1. The van der Waals surface area contributed by atoms with Crippen molar-refractivity contribution in [1.82, 2.24) is 9.97 Å². The molecule has 0 aliphatic rings. The molecule has 5 nitrogen and oxygen atoms in total. The lowest BCUT2D eigenvalue weighted by Crippen LogP contribution is -2.13. The Balaban J connectivity index is 1.75. The van der Waals surface area contributed by atoms with E-state index in [1.54, 1.807) is 6.20 Å². The maximum Gasteiger partial charge on any atom is 0.225 e. The highest BCUT2D eigenvalue weighted by atomic mass is 16.3. The smallest absolute Gasteiger partial charge is 0.225 e. The quantitative estimate of drug-likeness (QED) is 0.504. The minimum absolute atomic E-state index is 0.0273. The van der Waals surface area contributed by atoms with Crippen LogP contribution in [-0.4, -0.2) is 21.0 Å². The SMILES string of the molecule is Cc1cc(-c2ccc3ncc(NC(=O)CCCC(C)C(C)C)nc3c2)cc(C)c1O. The van der Waals surface area contributed by atoms with Gasteiger partial charge in [0.2, 0.25) is 5.91 Å². The number of anilines is 1. The molecule has 1 amide bonds. The molecule has 158 valence electrons. The van der Waals surface area contributed by atoms with E-state index in [0.29, 0.717) is 29.8 Å². The molecular weight excluding hydrogens is 374 g/mol. The predicted octanol–water partition coefficient (Wildman–Crippen LogP) is 6.02. The number of benzene rings is 2. The monoisotopic (exact) mass is 405 g/mol. The Hall–Kier alpha value is -2.95. The fraction of sp³-hybridized carbons (Fsp3) is 0.400. The summed E-state index contributed by atoms with van der Waals surface area (Å²) in [5.41, 5.74) is 5.18. The molecule has 1 aromatic heterocycles. The zero-order valence-electron chi connectivity index (χ0n) is 18.5. The molecule has 0 aliphatic heterocycles. The van der Waals surface area contributed by atoms with Crippen LogP contribution in [0.5, 0.6) is 5.75 Å². The van der Waals surface area contributed by atoms with Crippen LogP contribution in [0.15, 0.2) is 36.5 Å². The molecule has 0 fully saturated rings. The molecule has 2 aromatic carbocycles. The standard InChI is InChI=1S/C25H31N3O2/c1-15(2)16(3)7-6-8-24(29)28-23-14-26-21-10-9-19(13-22(21)27-23)20-11-17(4)25(30)18(5)12-20/h9-16,30H,6-8H2,1-5H3,(H,27,28,29). The zero-order valence-corrected chi connectivity index (χ0v) is 18.5. The van der Waals surface area contributed by atoms with E-state index in [1.165, 1.54) is 0 Å². The topological polar surface area (TPSA) is 75.1 Å². The molecule has 0 saturated heterocycles. The van der Waals surface area contributed by atoms with Gasteiger partial charge in [-0.25, -0.2) is 4.98 Å². The largest absolute Gasteiger partial charge is 0.507 e. The third kappa shape index (κ3) is 5.15. The van der Waals surface area contributed by atoms with Crippen LogP contribution in [0.4, 0.5) is 5.82 Å². The van der Waals surface area contributed by atoms with Gasteiger partial charge < -0.3 is 10.4 Å². The number of hydrogen-bond donors (Lipinski definition) is 2. The molecule has 0 radical (unpaired) electrons. The van der Waals surface area contributed by atoms with Crippen molar-refractivity contribution in [3.8, 4) is 16.9 Å². The van der Waals surface area contributed by atoms with E-state index in [9.17, 15) is 9.90 Å². The predicted molar refractivity (Wildman–Crippen MR) is 123 cm³/mol. The Morgan fingerprint density at radius 2 is 1.73 bits per heavy atom. The Bertz CT molecular complexity index is 1040. The number of aromatic nitrogens is 2.